The number of carboxylic acids is 1. The van der Waals surface area contributed by atoms with E-state index in [9.17, 15) is 4.79 Å². The van der Waals surface area contributed by atoms with Gasteiger partial charge in [-0.25, -0.2) is 9.78 Å². The number of nitrogens with one attached hydrogen (secondary N) is 1. The molecule has 1 aromatic heterocycles. The van der Waals surface area contributed by atoms with E-state index in [0.29, 0.717) is 5.13 Å². The van der Waals surface area contributed by atoms with Crippen LogP contribution >= 0.6 is 11.3 Å². The van der Waals surface area contributed by atoms with Crippen molar-refractivity contribution in [1.29, 1.82) is 0 Å². The van der Waals surface area contributed by atoms with E-state index in [1.54, 1.807) is 11.6 Å². The minimum atomic E-state index is -0.978. The molecule has 4 nitrogen and oxygen atoms in total. The molecule has 0 saturated heterocycles. The molecule has 0 aliphatic carbocycles. The summed E-state index contributed by atoms with van der Waals surface area (Å²) in [6, 6.07) is 0. The van der Waals surface area contributed by atoms with Crippen LogP contribution in [0.4, 0.5) is 5.13 Å². The molecule has 0 aliphatic heterocycles. The Balaban J connectivity index is 2.40. The third-order valence-corrected chi connectivity index (χ3v) is 1.57. The molecular formula is C6H6N2O2S. The summed E-state index contributed by atoms with van der Waals surface area (Å²) < 4.78 is 0. The predicted molar refractivity (Wildman–Crippen MR) is 42.5 cm³/mol. The number of nitrogens with zero attached hydrogens (tertiary/aromatic N) is 1. The molecule has 0 aromatic carbocycles. The molecule has 0 bridgehead atoms. The van der Waals surface area contributed by atoms with Crippen molar-refractivity contribution in [1.82, 2.24) is 4.98 Å². The van der Waals surface area contributed by atoms with Crippen molar-refractivity contribution < 1.29 is 9.90 Å². The molecular weight excluding hydrogens is 164 g/mol. The van der Waals surface area contributed by atoms with Crippen LogP contribution in [0.2, 0.25) is 0 Å². The van der Waals surface area contributed by atoms with E-state index in [-0.39, 0.29) is 0 Å². The number of carbonyl (C=O) groups is 1. The lowest BCUT2D eigenvalue weighted by Crippen LogP contribution is -1.91. The van der Waals surface area contributed by atoms with Crippen molar-refractivity contribution >= 4 is 22.4 Å². The van der Waals surface area contributed by atoms with Gasteiger partial charge in [-0.3, -0.25) is 0 Å². The fourth-order valence-corrected chi connectivity index (χ4v) is 0.987. The Labute approximate surface area is 67.2 Å². The van der Waals surface area contributed by atoms with Crippen LogP contribution in [0.3, 0.4) is 0 Å². The molecule has 0 unspecified atom stereocenters. The summed E-state index contributed by atoms with van der Waals surface area (Å²) >= 11 is 1.41. The first-order chi connectivity index (χ1) is 5.29. The second-order valence-electron chi connectivity index (χ2n) is 1.65. The van der Waals surface area contributed by atoms with Gasteiger partial charge in [-0.15, -0.1) is 11.3 Å². The molecule has 2 N–H and O–H groups in total. The predicted octanol–water partition coefficient (Wildman–Crippen LogP) is 1.15. The lowest BCUT2D eigenvalue weighted by Gasteiger charge is -1.89. The minimum Gasteiger partial charge on any atom is -0.478 e. The van der Waals surface area contributed by atoms with Crippen LogP contribution in [0.15, 0.2) is 23.9 Å². The highest BCUT2D eigenvalue weighted by atomic mass is 32.1. The maximum absolute atomic E-state index is 9.98. The zero-order chi connectivity index (χ0) is 8.10. The van der Waals surface area contributed by atoms with Crippen molar-refractivity contribution in [3.63, 3.8) is 0 Å². The molecule has 1 heterocycles. The first kappa shape index (κ1) is 7.74. The van der Waals surface area contributed by atoms with Gasteiger partial charge in [0.2, 0.25) is 0 Å². The van der Waals surface area contributed by atoms with Crippen LogP contribution in [0, 0.1) is 0 Å². The zero-order valence-corrected chi connectivity index (χ0v) is 6.34. The van der Waals surface area contributed by atoms with E-state index >= 15 is 0 Å². The maximum atomic E-state index is 9.98. The number of hydrogen-bond donors (Lipinski definition) is 2. The van der Waals surface area contributed by atoms with Gasteiger partial charge >= 0.3 is 5.97 Å². The van der Waals surface area contributed by atoms with Crippen LogP contribution in [-0.2, 0) is 4.79 Å². The molecule has 0 amide bonds. The Morgan fingerprint density at radius 1 is 1.82 bits per heavy atom. The average molecular weight is 170 g/mol. The van der Waals surface area contributed by atoms with Gasteiger partial charge in [-0.05, 0) is 0 Å². The van der Waals surface area contributed by atoms with Gasteiger partial charge in [-0.2, -0.15) is 0 Å². The Bertz CT molecular complexity index is 256. The van der Waals surface area contributed by atoms with E-state index in [1.165, 1.54) is 17.5 Å². The smallest absolute Gasteiger partial charge is 0.329 e. The molecule has 0 saturated carbocycles. The van der Waals surface area contributed by atoms with E-state index in [1.807, 2.05) is 0 Å². The molecule has 0 fully saturated rings. The van der Waals surface area contributed by atoms with Gasteiger partial charge in [0.25, 0.3) is 0 Å². The number of thiazole rings is 1. The van der Waals surface area contributed by atoms with Crippen LogP contribution in [0.5, 0.6) is 0 Å². The van der Waals surface area contributed by atoms with Crippen LogP contribution in [0.25, 0.3) is 0 Å². The Morgan fingerprint density at radius 2 is 2.64 bits per heavy atom. The topological polar surface area (TPSA) is 62.2 Å². The number of aromatic nitrogens is 1. The van der Waals surface area contributed by atoms with Gasteiger partial charge < -0.3 is 10.4 Å². The summed E-state index contributed by atoms with van der Waals surface area (Å²) in [7, 11) is 0. The van der Waals surface area contributed by atoms with Crippen LogP contribution in [-0.4, -0.2) is 16.1 Å². The molecule has 11 heavy (non-hydrogen) atoms. The highest BCUT2D eigenvalue weighted by Gasteiger charge is 1.88. The average Bonchev–Trinajstić information content (AvgIpc) is 2.39. The molecule has 0 spiro atoms. The van der Waals surface area contributed by atoms with Gasteiger partial charge in [0.15, 0.2) is 5.13 Å². The summed E-state index contributed by atoms with van der Waals surface area (Å²) in [5.74, 6) is -0.978. The molecule has 0 radical (unpaired) electrons. The molecule has 0 atom stereocenters. The number of anilines is 1. The summed E-state index contributed by atoms with van der Waals surface area (Å²) in [6.07, 6.45) is 3.99. The second-order valence-corrected chi connectivity index (χ2v) is 2.55. The molecule has 1 aromatic rings. The van der Waals surface area contributed by atoms with E-state index < -0.39 is 5.97 Å². The van der Waals surface area contributed by atoms with Crippen molar-refractivity contribution in [3.8, 4) is 0 Å². The summed E-state index contributed by atoms with van der Waals surface area (Å²) in [5.41, 5.74) is 0. The lowest BCUT2D eigenvalue weighted by atomic mass is 10.6. The van der Waals surface area contributed by atoms with Gasteiger partial charge in [0.1, 0.15) is 0 Å². The maximum Gasteiger partial charge on any atom is 0.329 e. The monoisotopic (exact) mass is 170 g/mol. The normalized spacial score (nSPS) is 10.2. The van der Waals surface area contributed by atoms with Crippen molar-refractivity contribution in [2.75, 3.05) is 5.32 Å². The van der Waals surface area contributed by atoms with Gasteiger partial charge in [0, 0.05) is 23.9 Å². The molecule has 58 valence electrons. The third kappa shape index (κ3) is 2.81. The highest BCUT2D eigenvalue weighted by molar-refractivity contribution is 7.13. The first-order valence-electron chi connectivity index (χ1n) is 2.84. The van der Waals surface area contributed by atoms with E-state index in [4.69, 9.17) is 5.11 Å². The van der Waals surface area contributed by atoms with E-state index in [0.717, 1.165) is 6.08 Å². The zero-order valence-electron chi connectivity index (χ0n) is 5.52. The van der Waals surface area contributed by atoms with E-state index in [2.05, 4.69) is 10.3 Å². The quantitative estimate of drug-likeness (QED) is 0.668. The Hall–Kier alpha value is -1.36. The fraction of sp³-hybridized carbons (Fsp3) is 0. The minimum absolute atomic E-state index is 0.683. The number of hydrogen-bond acceptors (Lipinski definition) is 4. The SMILES string of the molecule is O=C(O)C=CNc1nccs1. The number of carboxylic acid groups (broad SMARTS) is 1. The second kappa shape index (κ2) is 3.72. The first-order valence-corrected chi connectivity index (χ1v) is 3.72. The summed E-state index contributed by atoms with van der Waals surface area (Å²) in [5, 5.41) is 13.4. The highest BCUT2D eigenvalue weighted by Crippen LogP contribution is 2.09. The molecule has 0 aliphatic rings. The van der Waals surface area contributed by atoms with Crippen LogP contribution in [0.1, 0.15) is 0 Å². The van der Waals surface area contributed by atoms with Crippen LogP contribution < -0.4 is 5.32 Å². The Kier molecular flexibility index (Phi) is 2.62. The summed E-state index contributed by atoms with van der Waals surface area (Å²) in [6.45, 7) is 0. The largest absolute Gasteiger partial charge is 0.478 e. The van der Waals surface area contributed by atoms with Crippen molar-refractivity contribution in [2.24, 2.45) is 0 Å². The van der Waals surface area contributed by atoms with Gasteiger partial charge in [0.05, 0.1) is 0 Å². The number of aliphatic carboxylic acids is 1. The van der Waals surface area contributed by atoms with Crippen molar-refractivity contribution in [3.05, 3.63) is 23.9 Å². The standard InChI is InChI=1S/C6H6N2O2S/c9-5(10)1-2-7-6-8-3-4-11-6/h1-4H,(H,7,8)(H,9,10). The number of rotatable bonds is 3. The van der Waals surface area contributed by atoms with Gasteiger partial charge in [-0.1, -0.05) is 0 Å². The third-order valence-electron chi connectivity index (χ3n) is 0.865. The summed E-state index contributed by atoms with van der Waals surface area (Å²) in [4.78, 5) is 13.9. The Morgan fingerprint density at radius 3 is 3.18 bits per heavy atom. The lowest BCUT2D eigenvalue weighted by molar-refractivity contribution is -0.131. The molecule has 5 heteroatoms. The van der Waals surface area contributed by atoms with Crippen molar-refractivity contribution in [2.45, 2.75) is 0 Å². The molecule has 1 rings (SSSR count). The fourth-order valence-electron chi connectivity index (χ4n) is 0.479.